The summed E-state index contributed by atoms with van der Waals surface area (Å²) >= 11 is 5.96. The van der Waals surface area contributed by atoms with E-state index in [9.17, 15) is 4.79 Å². The first-order valence-corrected chi connectivity index (χ1v) is 9.49. The molecule has 1 fully saturated rings. The summed E-state index contributed by atoms with van der Waals surface area (Å²) in [6.07, 6.45) is -0.582. The number of rotatable bonds is 6. The van der Waals surface area contributed by atoms with Crippen molar-refractivity contribution in [2.45, 2.75) is 19.6 Å². The van der Waals surface area contributed by atoms with Gasteiger partial charge in [0, 0.05) is 37.4 Å². The summed E-state index contributed by atoms with van der Waals surface area (Å²) < 4.78 is 11.1. The van der Waals surface area contributed by atoms with Crippen LogP contribution in [0.4, 0.5) is 5.69 Å². The smallest absolute Gasteiger partial charge is 0.263 e. The second kappa shape index (κ2) is 9.11. The summed E-state index contributed by atoms with van der Waals surface area (Å²) in [5.41, 5.74) is 2.27. The van der Waals surface area contributed by atoms with Crippen LogP contribution in [0.15, 0.2) is 48.5 Å². The van der Waals surface area contributed by atoms with Crippen LogP contribution in [0.3, 0.4) is 0 Å². The average molecular weight is 389 g/mol. The van der Waals surface area contributed by atoms with Gasteiger partial charge in [-0.3, -0.25) is 4.79 Å². The summed E-state index contributed by atoms with van der Waals surface area (Å²) in [5.74, 6) is 0.513. The van der Waals surface area contributed by atoms with Crippen LogP contribution in [0, 0.1) is 0 Å². The Morgan fingerprint density at radius 2 is 1.93 bits per heavy atom. The van der Waals surface area contributed by atoms with Gasteiger partial charge in [-0.15, -0.1) is 0 Å². The highest BCUT2D eigenvalue weighted by Crippen LogP contribution is 2.20. The van der Waals surface area contributed by atoms with E-state index in [1.165, 1.54) is 5.69 Å². The van der Waals surface area contributed by atoms with E-state index in [2.05, 4.69) is 29.2 Å². The van der Waals surface area contributed by atoms with Gasteiger partial charge in [-0.05, 0) is 42.8 Å². The average Bonchev–Trinajstić information content (AvgIpc) is 2.68. The molecule has 0 bridgehead atoms. The Balaban J connectivity index is 1.55. The van der Waals surface area contributed by atoms with Crippen molar-refractivity contribution < 1.29 is 14.3 Å². The normalized spacial score (nSPS) is 15.3. The predicted octanol–water partition coefficient (Wildman–Crippen LogP) is 3.60. The fourth-order valence-electron chi connectivity index (χ4n) is 3.09. The van der Waals surface area contributed by atoms with Gasteiger partial charge in [-0.1, -0.05) is 29.8 Å². The van der Waals surface area contributed by atoms with Gasteiger partial charge in [0.2, 0.25) is 0 Å². The number of carbonyl (C=O) groups excluding carboxylic acids is 1. The molecule has 27 heavy (non-hydrogen) atoms. The number of hydrogen-bond acceptors (Lipinski definition) is 4. The Bertz CT molecular complexity index is 760. The molecule has 1 aliphatic heterocycles. The van der Waals surface area contributed by atoms with E-state index in [1.54, 1.807) is 43.1 Å². The van der Waals surface area contributed by atoms with Gasteiger partial charge in [0.05, 0.1) is 13.2 Å². The predicted molar refractivity (Wildman–Crippen MR) is 107 cm³/mol. The molecule has 1 unspecified atom stereocenters. The zero-order valence-corrected chi connectivity index (χ0v) is 16.5. The highest BCUT2D eigenvalue weighted by Gasteiger charge is 2.19. The lowest BCUT2D eigenvalue weighted by Crippen LogP contribution is -2.37. The molecule has 1 amide bonds. The van der Waals surface area contributed by atoms with E-state index in [4.69, 9.17) is 21.1 Å². The molecule has 144 valence electrons. The van der Waals surface area contributed by atoms with Crippen molar-refractivity contribution in [3.05, 3.63) is 59.1 Å². The first kappa shape index (κ1) is 19.5. The van der Waals surface area contributed by atoms with Crippen molar-refractivity contribution in [1.82, 2.24) is 4.90 Å². The van der Waals surface area contributed by atoms with E-state index in [-0.39, 0.29) is 5.91 Å². The van der Waals surface area contributed by atoms with Gasteiger partial charge < -0.3 is 19.3 Å². The van der Waals surface area contributed by atoms with Crippen molar-refractivity contribution in [3.63, 3.8) is 0 Å². The maximum atomic E-state index is 12.6. The molecular formula is C21H25ClN2O3. The molecule has 1 heterocycles. The van der Waals surface area contributed by atoms with Crippen LogP contribution in [-0.2, 0) is 16.1 Å². The molecule has 1 atom stereocenters. The van der Waals surface area contributed by atoms with Gasteiger partial charge in [-0.2, -0.15) is 0 Å². The standard InChI is InChI=1S/C21H25ClN2O3/c1-16(27-20-5-3-4-18(22)14-20)21(25)23(2)15-17-6-8-19(9-7-17)24-10-12-26-13-11-24/h3-9,14,16H,10-13,15H2,1-2H3. The molecule has 0 saturated carbocycles. The Hall–Kier alpha value is -2.24. The zero-order chi connectivity index (χ0) is 19.2. The molecule has 1 aliphatic rings. The summed E-state index contributed by atoms with van der Waals surface area (Å²) in [6, 6.07) is 15.4. The molecule has 0 radical (unpaired) electrons. The third kappa shape index (κ3) is 5.37. The van der Waals surface area contributed by atoms with Crippen LogP contribution in [0.1, 0.15) is 12.5 Å². The molecule has 0 spiro atoms. The molecule has 1 saturated heterocycles. The zero-order valence-electron chi connectivity index (χ0n) is 15.7. The summed E-state index contributed by atoms with van der Waals surface area (Å²) in [5, 5.41) is 0.584. The lowest BCUT2D eigenvalue weighted by Gasteiger charge is -2.29. The monoisotopic (exact) mass is 388 g/mol. The third-order valence-electron chi connectivity index (χ3n) is 4.57. The molecule has 2 aromatic rings. The first-order chi connectivity index (χ1) is 13.0. The fraction of sp³-hybridized carbons (Fsp3) is 0.381. The topological polar surface area (TPSA) is 42.0 Å². The molecule has 3 rings (SSSR count). The van der Waals surface area contributed by atoms with Crippen molar-refractivity contribution in [2.75, 3.05) is 38.3 Å². The number of nitrogens with zero attached hydrogens (tertiary/aromatic N) is 2. The van der Waals surface area contributed by atoms with Crippen LogP contribution < -0.4 is 9.64 Å². The van der Waals surface area contributed by atoms with Gasteiger partial charge in [0.25, 0.3) is 5.91 Å². The Morgan fingerprint density at radius 3 is 2.59 bits per heavy atom. The lowest BCUT2D eigenvalue weighted by molar-refractivity contribution is -0.137. The summed E-state index contributed by atoms with van der Waals surface area (Å²) in [7, 11) is 1.79. The number of likely N-dealkylation sites (N-methyl/N-ethyl adjacent to an activating group) is 1. The second-order valence-electron chi connectivity index (χ2n) is 6.68. The number of anilines is 1. The maximum Gasteiger partial charge on any atom is 0.263 e. The number of carbonyl (C=O) groups is 1. The molecule has 0 N–H and O–H groups in total. The maximum absolute atomic E-state index is 12.6. The molecule has 0 aromatic heterocycles. The van der Waals surface area contributed by atoms with Gasteiger partial charge in [0.1, 0.15) is 5.75 Å². The van der Waals surface area contributed by atoms with Crippen molar-refractivity contribution >= 4 is 23.2 Å². The fourth-order valence-corrected chi connectivity index (χ4v) is 3.27. The molecule has 0 aliphatic carbocycles. The first-order valence-electron chi connectivity index (χ1n) is 9.12. The van der Waals surface area contributed by atoms with Crippen molar-refractivity contribution in [2.24, 2.45) is 0 Å². The minimum Gasteiger partial charge on any atom is -0.481 e. The Morgan fingerprint density at radius 1 is 1.22 bits per heavy atom. The Labute approximate surface area is 165 Å². The highest BCUT2D eigenvalue weighted by molar-refractivity contribution is 6.30. The lowest BCUT2D eigenvalue weighted by atomic mass is 10.1. The summed E-state index contributed by atoms with van der Waals surface area (Å²) in [6.45, 7) is 5.64. The molecule has 2 aromatic carbocycles. The van der Waals surface area contributed by atoms with Gasteiger partial charge in [-0.25, -0.2) is 0 Å². The van der Waals surface area contributed by atoms with Crippen LogP contribution in [0.5, 0.6) is 5.75 Å². The van der Waals surface area contributed by atoms with Gasteiger partial charge >= 0.3 is 0 Å². The minimum absolute atomic E-state index is 0.0766. The van der Waals surface area contributed by atoms with Gasteiger partial charge in [0.15, 0.2) is 6.10 Å². The third-order valence-corrected chi connectivity index (χ3v) is 4.80. The second-order valence-corrected chi connectivity index (χ2v) is 7.11. The number of benzene rings is 2. The number of ether oxygens (including phenoxy) is 2. The minimum atomic E-state index is -0.582. The van der Waals surface area contributed by atoms with Crippen molar-refractivity contribution in [3.8, 4) is 5.75 Å². The van der Waals surface area contributed by atoms with E-state index in [0.29, 0.717) is 17.3 Å². The summed E-state index contributed by atoms with van der Waals surface area (Å²) in [4.78, 5) is 16.6. The van der Waals surface area contributed by atoms with E-state index >= 15 is 0 Å². The Kier molecular flexibility index (Phi) is 6.58. The van der Waals surface area contributed by atoms with E-state index in [1.807, 2.05) is 0 Å². The number of amides is 1. The van der Waals surface area contributed by atoms with E-state index < -0.39 is 6.10 Å². The number of hydrogen-bond donors (Lipinski definition) is 0. The van der Waals surface area contributed by atoms with E-state index in [0.717, 1.165) is 31.9 Å². The molecule has 6 heteroatoms. The number of halogens is 1. The number of morpholine rings is 1. The van der Waals surface area contributed by atoms with Crippen molar-refractivity contribution in [1.29, 1.82) is 0 Å². The van der Waals surface area contributed by atoms with Crippen LogP contribution >= 0.6 is 11.6 Å². The van der Waals surface area contributed by atoms with Crippen LogP contribution in [0.2, 0.25) is 5.02 Å². The highest BCUT2D eigenvalue weighted by atomic mass is 35.5. The molecular weight excluding hydrogens is 364 g/mol. The molecule has 5 nitrogen and oxygen atoms in total. The van der Waals surface area contributed by atoms with Crippen LogP contribution in [0.25, 0.3) is 0 Å². The van der Waals surface area contributed by atoms with Crippen LogP contribution in [-0.4, -0.2) is 50.3 Å². The largest absolute Gasteiger partial charge is 0.481 e. The quantitative estimate of drug-likeness (QED) is 0.758. The SMILES string of the molecule is CC(Oc1cccc(Cl)c1)C(=O)N(C)Cc1ccc(N2CCOCC2)cc1.